The zero-order valence-corrected chi connectivity index (χ0v) is 16.7. The Balaban J connectivity index is 1.50. The van der Waals surface area contributed by atoms with Crippen molar-refractivity contribution in [2.45, 2.75) is 0 Å². The van der Waals surface area contributed by atoms with Gasteiger partial charge in [0.1, 0.15) is 5.82 Å². The van der Waals surface area contributed by atoms with Gasteiger partial charge in [0.2, 0.25) is 0 Å². The first kappa shape index (κ1) is 19.2. The second kappa shape index (κ2) is 8.51. The van der Waals surface area contributed by atoms with E-state index in [2.05, 4.69) is 20.6 Å². The molecule has 2 aromatic heterocycles. The molecule has 146 valence electrons. The maximum Gasteiger partial charge on any atom is 0.252 e. The third-order valence-electron chi connectivity index (χ3n) is 4.22. The smallest absolute Gasteiger partial charge is 0.252 e. The zero-order chi connectivity index (χ0) is 20.2. The summed E-state index contributed by atoms with van der Waals surface area (Å²) in [6.07, 6.45) is 1.57. The summed E-state index contributed by atoms with van der Waals surface area (Å²) in [5.74, 6) is 1.41. The average molecular weight is 427 g/mol. The summed E-state index contributed by atoms with van der Waals surface area (Å²) < 4.78 is 5.42. The van der Waals surface area contributed by atoms with Crippen LogP contribution in [-0.4, -0.2) is 29.0 Å². The predicted octanol–water partition coefficient (Wildman–Crippen LogP) is 5.04. The van der Waals surface area contributed by atoms with Crippen molar-refractivity contribution in [2.24, 2.45) is 0 Å². The fraction of sp³-hybridized carbons (Fsp3) is 0.0952. The van der Waals surface area contributed by atoms with Gasteiger partial charge in [-0.25, -0.2) is 9.97 Å². The van der Waals surface area contributed by atoms with E-state index in [1.165, 1.54) is 0 Å². The molecule has 0 aliphatic carbocycles. The molecule has 4 rings (SSSR count). The number of hydrogen-bond acceptors (Lipinski definition) is 5. The number of aromatic nitrogens is 2. The summed E-state index contributed by atoms with van der Waals surface area (Å²) in [7, 11) is 0. The number of furan rings is 1. The first-order valence-corrected chi connectivity index (χ1v) is 9.65. The second-order valence-corrected chi connectivity index (χ2v) is 7.04. The Labute approximate surface area is 176 Å². The third-order valence-corrected chi connectivity index (χ3v) is 4.79. The minimum absolute atomic E-state index is 0.229. The molecule has 29 heavy (non-hydrogen) atoms. The summed E-state index contributed by atoms with van der Waals surface area (Å²) in [4.78, 5) is 21.4. The lowest BCUT2D eigenvalue weighted by molar-refractivity contribution is 0.0955. The molecule has 0 aliphatic heterocycles. The van der Waals surface area contributed by atoms with E-state index in [-0.39, 0.29) is 5.91 Å². The van der Waals surface area contributed by atoms with Crippen LogP contribution in [0, 0.1) is 0 Å². The number of amides is 1. The zero-order valence-electron chi connectivity index (χ0n) is 15.2. The predicted molar refractivity (Wildman–Crippen MR) is 115 cm³/mol. The van der Waals surface area contributed by atoms with E-state index in [0.29, 0.717) is 51.6 Å². The molecule has 0 aliphatic rings. The summed E-state index contributed by atoms with van der Waals surface area (Å²) in [6.45, 7) is 0.849. The molecule has 2 N–H and O–H groups in total. The fourth-order valence-corrected chi connectivity index (χ4v) is 3.24. The molecule has 2 heterocycles. The molecule has 0 fully saturated rings. The molecule has 0 bridgehead atoms. The molecule has 0 unspecified atom stereocenters. The first-order valence-electron chi connectivity index (χ1n) is 8.89. The van der Waals surface area contributed by atoms with Crippen molar-refractivity contribution < 1.29 is 9.21 Å². The van der Waals surface area contributed by atoms with Crippen molar-refractivity contribution in [3.8, 4) is 11.6 Å². The molecule has 6 nitrogen and oxygen atoms in total. The van der Waals surface area contributed by atoms with Crippen LogP contribution in [0.4, 0.5) is 5.82 Å². The van der Waals surface area contributed by atoms with Crippen molar-refractivity contribution >= 4 is 45.8 Å². The van der Waals surface area contributed by atoms with Crippen LogP contribution in [0.15, 0.2) is 65.3 Å². The molecule has 0 spiro atoms. The number of carbonyl (C=O) groups excluding carboxylic acids is 1. The van der Waals surface area contributed by atoms with Gasteiger partial charge in [-0.3, -0.25) is 4.79 Å². The highest BCUT2D eigenvalue weighted by Crippen LogP contribution is 2.27. The van der Waals surface area contributed by atoms with Crippen molar-refractivity contribution in [3.05, 3.63) is 76.5 Å². The number of hydrogen-bond donors (Lipinski definition) is 2. The van der Waals surface area contributed by atoms with Crippen molar-refractivity contribution in [2.75, 3.05) is 18.4 Å². The van der Waals surface area contributed by atoms with Gasteiger partial charge in [-0.15, -0.1) is 0 Å². The molecule has 0 saturated carbocycles. The van der Waals surface area contributed by atoms with E-state index in [0.717, 1.165) is 5.39 Å². The van der Waals surface area contributed by atoms with E-state index >= 15 is 0 Å². The van der Waals surface area contributed by atoms with Gasteiger partial charge in [0, 0.05) is 23.5 Å². The lowest BCUT2D eigenvalue weighted by Crippen LogP contribution is -2.29. The van der Waals surface area contributed by atoms with Crippen molar-refractivity contribution in [1.29, 1.82) is 0 Å². The average Bonchev–Trinajstić information content (AvgIpc) is 3.25. The largest absolute Gasteiger partial charge is 0.461 e. The molecule has 0 atom stereocenters. The maximum atomic E-state index is 12.3. The van der Waals surface area contributed by atoms with Gasteiger partial charge in [-0.05, 0) is 42.5 Å². The molecular weight excluding hydrogens is 411 g/mol. The normalized spacial score (nSPS) is 10.8. The van der Waals surface area contributed by atoms with E-state index in [9.17, 15) is 4.79 Å². The van der Waals surface area contributed by atoms with Gasteiger partial charge < -0.3 is 15.1 Å². The number of anilines is 1. The molecule has 8 heteroatoms. The van der Waals surface area contributed by atoms with Gasteiger partial charge in [0.25, 0.3) is 5.91 Å². The fourth-order valence-electron chi connectivity index (χ4n) is 2.85. The van der Waals surface area contributed by atoms with Gasteiger partial charge in [0.15, 0.2) is 11.6 Å². The Morgan fingerprint density at radius 1 is 1.00 bits per heavy atom. The van der Waals surface area contributed by atoms with Crippen LogP contribution in [0.1, 0.15) is 10.4 Å². The van der Waals surface area contributed by atoms with Gasteiger partial charge in [-0.2, -0.15) is 0 Å². The van der Waals surface area contributed by atoms with Crippen LogP contribution in [0.2, 0.25) is 10.0 Å². The molecule has 4 aromatic rings. The highest BCUT2D eigenvalue weighted by molar-refractivity contribution is 6.33. The highest BCUT2D eigenvalue weighted by Gasteiger charge is 2.12. The molecule has 1 amide bonds. The Morgan fingerprint density at radius 2 is 1.86 bits per heavy atom. The third kappa shape index (κ3) is 4.34. The van der Waals surface area contributed by atoms with Crippen molar-refractivity contribution in [1.82, 2.24) is 15.3 Å². The summed E-state index contributed by atoms with van der Waals surface area (Å²) in [6, 6.07) is 15.9. The van der Waals surface area contributed by atoms with Crippen molar-refractivity contribution in [3.63, 3.8) is 0 Å². The van der Waals surface area contributed by atoms with Gasteiger partial charge in [-0.1, -0.05) is 35.3 Å². The lowest BCUT2D eigenvalue weighted by Gasteiger charge is -2.11. The quantitative estimate of drug-likeness (QED) is 0.422. The van der Waals surface area contributed by atoms with Crippen LogP contribution in [-0.2, 0) is 0 Å². The van der Waals surface area contributed by atoms with E-state index < -0.39 is 0 Å². The van der Waals surface area contributed by atoms with E-state index in [1.807, 2.05) is 6.07 Å². The van der Waals surface area contributed by atoms with Gasteiger partial charge >= 0.3 is 0 Å². The number of benzene rings is 2. The number of nitrogens with one attached hydrogen (secondary N) is 2. The molecular formula is C21H16Cl2N4O2. The Kier molecular flexibility index (Phi) is 5.64. The maximum absolute atomic E-state index is 12.3. The first-order chi connectivity index (χ1) is 14.1. The van der Waals surface area contributed by atoms with Crippen LogP contribution in [0.3, 0.4) is 0 Å². The van der Waals surface area contributed by atoms with Crippen LogP contribution < -0.4 is 10.6 Å². The number of rotatable bonds is 6. The number of carbonyl (C=O) groups is 1. The van der Waals surface area contributed by atoms with Crippen LogP contribution in [0.5, 0.6) is 0 Å². The van der Waals surface area contributed by atoms with Gasteiger partial charge in [0.05, 0.1) is 22.4 Å². The number of fused-ring (bicyclic) bond motifs is 1. The second-order valence-electron chi connectivity index (χ2n) is 6.20. The SMILES string of the molecule is O=C(NCCNc1nc(-c2ccco2)nc2cc(Cl)ccc12)c1ccccc1Cl. The molecule has 0 saturated heterocycles. The Morgan fingerprint density at radius 3 is 2.66 bits per heavy atom. The van der Waals surface area contributed by atoms with E-state index in [4.69, 9.17) is 27.6 Å². The molecule has 2 aromatic carbocycles. The number of halogens is 2. The summed E-state index contributed by atoms with van der Waals surface area (Å²) >= 11 is 12.2. The lowest BCUT2D eigenvalue weighted by atomic mass is 10.2. The Bertz CT molecular complexity index is 1160. The number of nitrogens with zero attached hydrogens (tertiary/aromatic N) is 2. The van der Waals surface area contributed by atoms with Crippen LogP contribution in [0.25, 0.3) is 22.5 Å². The topological polar surface area (TPSA) is 80.0 Å². The Hall–Kier alpha value is -3.09. The summed E-state index contributed by atoms with van der Waals surface area (Å²) in [5.41, 5.74) is 1.14. The highest BCUT2D eigenvalue weighted by atomic mass is 35.5. The van der Waals surface area contributed by atoms with Crippen LogP contribution >= 0.6 is 23.2 Å². The summed E-state index contributed by atoms with van der Waals surface area (Å²) in [5, 5.41) is 7.91. The van der Waals surface area contributed by atoms with E-state index in [1.54, 1.807) is 54.8 Å². The monoisotopic (exact) mass is 426 g/mol. The minimum Gasteiger partial charge on any atom is -0.461 e. The standard InChI is InChI=1S/C21H16Cl2N4O2/c22-13-7-8-15-17(12-13)26-20(18-6-3-11-29-18)27-19(15)24-9-10-25-21(28)14-4-1-2-5-16(14)23/h1-8,11-12H,9-10H2,(H,25,28)(H,24,26,27). The molecule has 0 radical (unpaired) electrons. The minimum atomic E-state index is -0.229.